The van der Waals surface area contributed by atoms with Gasteiger partial charge in [0, 0.05) is 29.7 Å². The van der Waals surface area contributed by atoms with Crippen LogP contribution in [-0.2, 0) is 6.54 Å². The number of nitrogens with zero attached hydrogens (tertiary/aromatic N) is 1. The molecule has 0 aliphatic heterocycles. The van der Waals surface area contributed by atoms with Crippen molar-refractivity contribution in [1.82, 2.24) is 10.6 Å². The number of nitrogens with one attached hydrogen (secondary N) is 2. The summed E-state index contributed by atoms with van der Waals surface area (Å²) in [4.78, 5) is 4.18. The van der Waals surface area contributed by atoms with E-state index in [9.17, 15) is 4.39 Å². The summed E-state index contributed by atoms with van der Waals surface area (Å²) in [7, 11) is 1.74. The zero-order valence-corrected chi connectivity index (χ0v) is 12.6. The molecule has 1 aromatic rings. The van der Waals surface area contributed by atoms with E-state index in [0.717, 1.165) is 10.4 Å². The van der Waals surface area contributed by atoms with E-state index in [4.69, 9.17) is 0 Å². The number of halogens is 2. The third-order valence-corrected chi connectivity index (χ3v) is 3.87. The van der Waals surface area contributed by atoms with Crippen molar-refractivity contribution in [3.63, 3.8) is 0 Å². The lowest BCUT2D eigenvalue weighted by Crippen LogP contribution is -2.42. The minimum Gasteiger partial charge on any atom is -0.354 e. The van der Waals surface area contributed by atoms with Crippen molar-refractivity contribution in [1.29, 1.82) is 0 Å². The van der Waals surface area contributed by atoms with Crippen LogP contribution >= 0.6 is 15.9 Å². The maximum absolute atomic E-state index is 13.6. The molecular weight excluding hydrogens is 309 g/mol. The second-order valence-electron chi connectivity index (χ2n) is 4.79. The summed E-state index contributed by atoms with van der Waals surface area (Å²) in [5.41, 5.74) is 0.628. The van der Waals surface area contributed by atoms with Gasteiger partial charge in [0.05, 0.1) is 0 Å². The van der Waals surface area contributed by atoms with Crippen LogP contribution in [0.15, 0.2) is 27.7 Å². The Morgan fingerprint density at radius 1 is 1.42 bits per heavy atom. The number of aliphatic imine (C=N–C) groups is 1. The molecule has 2 rings (SSSR count). The van der Waals surface area contributed by atoms with Crippen molar-refractivity contribution in [2.24, 2.45) is 4.99 Å². The molecule has 0 heterocycles. The minimum atomic E-state index is -0.202. The molecule has 0 bridgehead atoms. The van der Waals surface area contributed by atoms with Crippen LogP contribution in [0.1, 0.15) is 31.2 Å². The Kier molecular flexibility index (Phi) is 5.19. The molecule has 104 valence electrons. The van der Waals surface area contributed by atoms with Crippen LogP contribution in [0, 0.1) is 5.82 Å². The molecule has 0 unspecified atom stereocenters. The van der Waals surface area contributed by atoms with Crippen molar-refractivity contribution >= 4 is 21.9 Å². The molecule has 0 spiro atoms. The van der Waals surface area contributed by atoms with Gasteiger partial charge in [-0.05, 0) is 31.0 Å². The first-order valence-corrected chi connectivity index (χ1v) is 7.39. The van der Waals surface area contributed by atoms with Crippen molar-refractivity contribution in [2.45, 2.75) is 38.3 Å². The Hall–Kier alpha value is -1.10. The lowest BCUT2D eigenvalue weighted by molar-refractivity contribution is 0.594. The van der Waals surface area contributed by atoms with E-state index in [1.54, 1.807) is 19.2 Å². The van der Waals surface area contributed by atoms with Crippen LogP contribution < -0.4 is 10.6 Å². The maximum Gasteiger partial charge on any atom is 0.191 e. The van der Waals surface area contributed by atoms with Gasteiger partial charge in [-0.3, -0.25) is 4.99 Å². The maximum atomic E-state index is 13.6. The Labute approximate surface area is 121 Å². The molecule has 1 aliphatic rings. The van der Waals surface area contributed by atoms with Crippen molar-refractivity contribution in [3.05, 3.63) is 34.1 Å². The molecule has 0 aromatic heterocycles. The summed E-state index contributed by atoms with van der Waals surface area (Å²) in [6, 6.07) is 5.45. The van der Waals surface area contributed by atoms with Crippen molar-refractivity contribution < 1.29 is 4.39 Å². The van der Waals surface area contributed by atoms with Crippen LogP contribution in [-0.4, -0.2) is 19.0 Å². The summed E-state index contributed by atoms with van der Waals surface area (Å²) < 4.78 is 14.5. The predicted molar refractivity (Wildman–Crippen MR) is 79.7 cm³/mol. The molecule has 5 heteroatoms. The second-order valence-corrected chi connectivity index (χ2v) is 5.70. The quantitative estimate of drug-likeness (QED) is 0.660. The fourth-order valence-electron chi connectivity index (χ4n) is 2.32. The fourth-order valence-corrected chi connectivity index (χ4v) is 2.72. The molecule has 0 atom stereocenters. The predicted octanol–water partition coefficient (Wildman–Crippen LogP) is 3.20. The zero-order valence-electron chi connectivity index (χ0n) is 11.0. The number of rotatable bonds is 3. The normalized spacial score (nSPS) is 16.7. The summed E-state index contributed by atoms with van der Waals surface area (Å²) in [6.07, 6.45) is 4.92. The Bertz CT molecular complexity index is 456. The van der Waals surface area contributed by atoms with Gasteiger partial charge in [0.15, 0.2) is 5.96 Å². The Balaban J connectivity index is 1.90. The van der Waals surface area contributed by atoms with Gasteiger partial charge in [-0.15, -0.1) is 0 Å². The van der Waals surface area contributed by atoms with E-state index >= 15 is 0 Å². The molecule has 0 amide bonds. The molecule has 2 N–H and O–H groups in total. The van der Waals surface area contributed by atoms with E-state index in [1.807, 2.05) is 0 Å². The Morgan fingerprint density at radius 2 is 2.16 bits per heavy atom. The highest BCUT2D eigenvalue weighted by molar-refractivity contribution is 9.10. The van der Waals surface area contributed by atoms with E-state index < -0.39 is 0 Å². The van der Waals surface area contributed by atoms with E-state index in [1.165, 1.54) is 31.7 Å². The molecule has 0 radical (unpaired) electrons. The van der Waals surface area contributed by atoms with Gasteiger partial charge in [0.1, 0.15) is 5.82 Å². The highest BCUT2D eigenvalue weighted by atomic mass is 79.9. The lowest BCUT2D eigenvalue weighted by Gasteiger charge is -2.17. The average molecular weight is 328 g/mol. The van der Waals surface area contributed by atoms with Gasteiger partial charge >= 0.3 is 0 Å². The standard InChI is InChI=1S/C14H19BrFN3/c1-17-14(19-12-4-2-3-5-12)18-9-10-8-11(15)6-7-13(10)16/h6-8,12H,2-5,9H2,1H3,(H2,17,18,19). The highest BCUT2D eigenvalue weighted by Gasteiger charge is 2.15. The highest BCUT2D eigenvalue weighted by Crippen LogP contribution is 2.18. The number of guanidine groups is 1. The van der Waals surface area contributed by atoms with E-state index in [0.29, 0.717) is 18.2 Å². The largest absolute Gasteiger partial charge is 0.354 e. The molecule has 19 heavy (non-hydrogen) atoms. The summed E-state index contributed by atoms with van der Waals surface area (Å²) in [6.45, 7) is 0.428. The summed E-state index contributed by atoms with van der Waals surface area (Å²) in [5.74, 6) is 0.540. The zero-order chi connectivity index (χ0) is 13.7. The molecule has 3 nitrogen and oxygen atoms in total. The monoisotopic (exact) mass is 327 g/mol. The second kappa shape index (κ2) is 6.89. The van der Waals surface area contributed by atoms with Gasteiger partial charge in [-0.1, -0.05) is 28.8 Å². The van der Waals surface area contributed by atoms with Crippen molar-refractivity contribution in [3.8, 4) is 0 Å². The fraction of sp³-hybridized carbons (Fsp3) is 0.500. The van der Waals surface area contributed by atoms with E-state index in [-0.39, 0.29) is 5.82 Å². The first kappa shape index (κ1) is 14.3. The van der Waals surface area contributed by atoms with Gasteiger partial charge in [-0.25, -0.2) is 4.39 Å². The minimum absolute atomic E-state index is 0.202. The number of hydrogen-bond donors (Lipinski definition) is 2. The van der Waals surface area contributed by atoms with Crippen LogP contribution in [0.4, 0.5) is 4.39 Å². The first-order chi connectivity index (χ1) is 9.19. The molecule has 1 fully saturated rings. The van der Waals surface area contributed by atoms with Gasteiger partial charge in [0.2, 0.25) is 0 Å². The van der Waals surface area contributed by atoms with E-state index in [2.05, 4.69) is 31.6 Å². The third kappa shape index (κ3) is 4.20. The smallest absolute Gasteiger partial charge is 0.191 e. The topological polar surface area (TPSA) is 36.4 Å². The molecule has 1 aromatic carbocycles. The first-order valence-electron chi connectivity index (χ1n) is 6.60. The Morgan fingerprint density at radius 3 is 2.84 bits per heavy atom. The molecule has 1 saturated carbocycles. The van der Waals surface area contributed by atoms with Gasteiger partial charge in [-0.2, -0.15) is 0 Å². The molecule has 1 aliphatic carbocycles. The summed E-state index contributed by atoms with van der Waals surface area (Å²) >= 11 is 3.35. The third-order valence-electron chi connectivity index (χ3n) is 3.37. The molecular formula is C14H19BrFN3. The summed E-state index contributed by atoms with van der Waals surface area (Å²) in [5, 5.41) is 6.53. The van der Waals surface area contributed by atoms with Crippen molar-refractivity contribution in [2.75, 3.05) is 7.05 Å². The number of benzene rings is 1. The van der Waals surface area contributed by atoms with Gasteiger partial charge in [0.25, 0.3) is 0 Å². The van der Waals surface area contributed by atoms with Crippen LogP contribution in [0.3, 0.4) is 0 Å². The van der Waals surface area contributed by atoms with Crippen LogP contribution in [0.5, 0.6) is 0 Å². The lowest BCUT2D eigenvalue weighted by atomic mass is 10.2. The van der Waals surface area contributed by atoms with Crippen LogP contribution in [0.2, 0.25) is 0 Å². The SMILES string of the molecule is CN=C(NCc1cc(Br)ccc1F)NC1CCCC1. The van der Waals surface area contributed by atoms with Crippen LogP contribution in [0.25, 0.3) is 0 Å². The average Bonchev–Trinajstić information content (AvgIpc) is 2.91. The number of hydrogen-bond acceptors (Lipinski definition) is 1. The van der Waals surface area contributed by atoms with Gasteiger partial charge < -0.3 is 10.6 Å². The molecule has 0 saturated heterocycles.